The van der Waals surface area contributed by atoms with Gasteiger partial charge in [0, 0.05) is 37.4 Å². The Bertz CT molecular complexity index is 658. The van der Waals surface area contributed by atoms with E-state index in [-0.39, 0.29) is 12.1 Å². The number of guanidine groups is 1. The smallest absolute Gasteiger partial charge is 0.319 e. The van der Waals surface area contributed by atoms with Crippen LogP contribution in [0.2, 0.25) is 0 Å². The number of hydrogen-bond acceptors (Lipinski definition) is 3. The van der Waals surface area contributed by atoms with Crippen LogP contribution in [0.4, 0.5) is 10.5 Å². The quantitative estimate of drug-likeness (QED) is 0.282. The van der Waals surface area contributed by atoms with Gasteiger partial charge in [-0.2, -0.15) is 0 Å². The molecule has 1 fully saturated rings. The molecule has 1 aromatic rings. The van der Waals surface area contributed by atoms with Crippen LogP contribution >= 0.6 is 0 Å². The fourth-order valence-electron chi connectivity index (χ4n) is 3.61. The molecule has 2 amide bonds. The molecule has 7 heteroatoms. The number of anilines is 1. The van der Waals surface area contributed by atoms with Crippen molar-refractivity contribution in [1.82, 2.24) is 20.9 Å². The second kappa shape index (κ2) is 13.1. The van der Waals surface area contributed by atoms with Gasteiger partial charge >= 0.3 is 6.03 Å². The molecule has 0 aromatic heterocycles. The Morgan fingerprint density at radius 1 is 1.20 bits per heavy atom. The lowest BCUT2D eigenvalue weighted by atomic mass is 10.0. The molecule has 2 rings (SSSR count). The third-order valence-corrected chi connectivity index (χ3v) is 5.25. The SMILES string of the molecule is CCNC(=NCc1ccc(NC(=O)NC(C)C)cc1)NCCCN1CCCCC1C. The predicted octanol–water partition coefficient (Wildman–Crippen LogP) is 3.54. The van der Waals surface area contributed by atoms with Gasteiger partial charge < -0.3 is 26.2 Å². The molecule has 0 aliphatic carbocycles. The number of amides is 2. The van der Waals surface area contributed by atoms with Crippen LogP contribution in [0.25, 0.3) is 0 Å². The van der Waals surface area contributed by atoms with Crippen molar-refractivity contribution in [3.63, 3.8) is 0 Å². The molecule has 0 bridgehead atoms. The number of benzene rings is 1. The number of nitrogens with one attached hydrogen (secondary N) is 4. The van der Waals surface area contributed by atoms with E-state index < -0.39 is 0 Å². The molecule has 1 atom stereocenters. The molecule has 1 aliphatic heterocycles. The molecule has 30 heavy (non-hydrogen) atoms. The predicted molar refractivity (Wildman–Crippen MR) is 126 cm³/mol. The summed E-state index contributed by atoms with van der Waals surface area (Å²) in [5.41, 5.74) is 1.88. The minimum Gasteiger partial charge on any atom is -0.357 e. The summed E-state index contributed by atoms with van der Waals surface area (Å²) in [7, 11) is 0. The lowest BCUT2D eigenvalue weighted by molar-refractivity contribution is 0.159. The zero-order valence-corrected chi connectivity index (χ0v) is 19.1. The van der Waals surface area contributed by atoms with Crippen LogP contribution in [0.5, 0.6) is 0 Å². The lowest BCUT2D eigenvalue weighted by Crippen LogP contribution is -2.41. The van der Waals surface area contributed by atoms with Crippen LogP contribution in [0.3, 0.4) is 0 Å². The number of urea groups is 1. The number of likely N-dealkylation sites (tertiary alicyclic amines) is 1. The second-order valence-electron chi connectivity index (χ2n) is 8.31. The summed E-state index contributed by atoms with van der Waals surface area (Å²) >= 11 is 0. The van der Waals surface area contributed by atoms with Crippen molar-refractivity contribution in [3.8, 4) is 0 Å². The maximum absolute atomic E-state index is 11.8. The zero-order chi connectivity index (χ0) is 21.8. The van der Waals surface area contributed by atoms with E-state index in [1.54, 1.807) is 0 Å². The van der Waals surface area contributed by atoms with E-state index in [4.69, 9.17) is 4.99 Å². The summed E-state index contributed by atoms with van der Waals surface area (Å²) in [5, 5.41) is 12.4. The van der Waals surface area contributed by atoms with E-state index in [1.807, 2.05) is 38.1 Å². The molecule has 1 aliphatic rings. The van der Waals surface area contributed by atoms with Crippen molar-refractivity contribution in [2.45, 2.75) is 72.0 Å². The summed E-state index contributed by atoms with van der Waals surface area (Å²) in [6.07, 6.45) is 5.15. The first-order valence-electron chi connectivity index (χ1n) is 11.4. The van der Waals surface area contributed by atoms with E-state index in [2.05, 4.69) is 40.0 Å². The summed E-state index contributed by atoms with van der Waals surface area (Å²) in [5.74, 6) is 0.850. The number of piperidine rings is 1. The largest absolute Gasteiger partial charge is 0.357 e. The summed E-state index contributed by atoms with van der Waals surface area (Å²) < 4.78 is 0. The van der Waals surface area contributed by atoms with Gasteiger partial charge in [0.25, 0.3) is 0 Å². The van der Waals surface area contributed by atoms with Crippen molar-refractivity contribution in [1.29, 1.82) is 0 Å². The van der Waals surface area contributed by atoms with Gasteiger partial charge in [-0.3, -0.25) is 0 Å². The molecule has 168 valence electrons. The zero-order valence-electron chi connectivity index (χ0n) is 19.1. The highest BCUT2D eigenvalue weighted by atomic mass is 16.2. The molecular formula is C23H40N6O. The summed E-state index contributed by atoms with van der Waals surface area (Å²) in [6, 6.07) is 8.45. The van der Waals surface area contributed by atoms with Gasteiger partial charge in [0.15, 0.2) is 5.96 Å². The molecular weight excluding hydrogens is 376 g/mol. The first kappa shape index (κ1) is 24.0. The highest BCUT2D eigenvalue weighted by molar-refractivity contribution is 5.89. The summed E-state index contributed by atoms with van der Waals surface area (Å²) in [4.78, 5) is 19.1. The minimum absolute atomic E-state index is 0.110. The van der Waals surface area contributed by atoms with Gasteiger partial charge in [0.1, 0.15) is 0 Å². The highest BCUT2D eigenvalue weighted by Crippen LogP contribution is 2.16. The maximum atomic E-state index is 11.8. The first-order chi connectivity index (χ1) is 14.5. The Hall–Kier alpha value is -2.28. The van der Waals surface area contributed by atoms with Crippen LogP contribution in [0, 0.1) is 0 Å². The Morgan fingerprint density at radius 2 is 1.97 bits per heavy atom. The lowest BCUT2D eigenvalue weighted by Gasteiger charge is -2.33. The molecule has 0 saturated carbocycles. The fourth-order valence-corrected chi connectivity index (χ4v) is 3.61. The van der Waals surface area contributed by atoms with E-state index in [9.17, 15) is 4.79 Å². The van der Waals surface area contributed by atoms with Crippen molar-refractivity contribution < 1.29 is 4.79 Å². The molecule has 0 spiro atoms. The number of aliphatic imine (C=N–C) groups is 1. The Balaban J connectivity index is 1.77. The number of carbonyl (C=O) groups excluding carboxylic acids is 1. The molecule has 1 unspecified atom stereocenters. The van der Waals surface area contributed by atoms with Crippen molar-refractivity contribution in [2.24, 2.45) is 4.99 Å². The number of rotatable bonds is 9. The van der Waals surface area contributed by atoms with E-state index in [1.165, 1.54) is 25.8 Å². The van der Waals surface area contributed by atoms with Gasteiger partial charge in [-0.05, 0) is 71.2 Å². The molecule has 0 radical (unpaired) electrons. The average Bonchev–Trinajstić information content (AvgIpc) is 2.71. The Labute approximate surface area is 182 Å². The molecule has 1 heterocycles. The van der Waals surface area contributed by atoms with Crippen LogP contribution in [0.1, 0.15) is 58.9 Å². The van der Waals surface area contributed by atoms with Crippen LogP contribution in [0.15, 0.2) is 29.3 Å². The van der Waals surface area contributed by atoms with E-state index in [0.29, 0.717) is 6.54 Å². The Morgan fingerprint density at radius 3 is 2.63 bits per heavy atom. The normalized spacial score (nSPS) is 17.6. The molecule has 1 saturated heterocycles. The van der Waals surface area contributed by atoms with Crippen LogP contribution in [-0.4, -0.2) is 55.2 Å². The first-order valence-corrected chi connectivity index (χ1v) is 11.4. The number of carbonyl (C=O) groups is 1. The number of nitrogens with zero attached hydrogens (tertiary/aromatic N) is 2. The molecule has 7 nitrogen and oxygen atoms in total. The van der Waals surface area contributed by atoms with Gasteiger partial charge in [0.2, 0.25) is 0 Å². The monoisotopic (exact) mass is 416 g/mol. The van der Waals surface area contributed by atoms with Crippen molar-refractivity contribution in [3.05, 3.63) is 29.8 Å². The third kappa shape index (κ3) is 9.03. The standard InChI is InChI=1S/C23H40N6O/c1-5-24-22(25-14-8-16-29-15-7-6-9-19(29)4)26-17-20-10-12-21(13-11-20)28-23(30)27-18(2)3/h10-13,18-19H,5-9,14-17H2,1-4H3,(H2,24,25,26)(H2,27,28,30). The van der Waals surface area contributed by atoms with Gasteiger partial charge in [-0.15, -0.1) is 0 Å². The van der Waals surface area contributed by atoms with Crippen molar-refractivity contribution >= 4 is 17.7 Å². The van der Waals surface area contributed by atoms with Gasteiger partial charge in [-0.25, -0.2) is 9.79 Å². The minimum atomic E-state index is -0.187. The Kier molecular flexibility index (Phi) is 10.5. The van der Waals surface area contributed by atoms with Gasteiger partial charge in [-0.1, -0.05) is 18.6 Å². The van der Waals surface area contributed by atoms with Gasteiger partial charge in [0.05, 0.1) is 6.54 Å². The number of hydrogen-bond donors (Lipinski definition) is 4. The average molecular weight is 417 g/mol. The third-order valence-electron chi connectivity index (χ3n) is 5.25. The van der Waals surface area contributed by atoms with Crippen molar-refractivity contribution in [2.75, 3.05) is 31.5 Å². The highest BCUT2D eigenvalue weighted by Gasteiger charge is 2.17. The molecule has 1 aromatic carbocycles. The fraction of sp³-hybridized carbons (Fsp3) is 0.652. The van der Waals surface area contributed by atoms with E-state index >= 15 is 0 Å². The van der Waals surface area contributed by atoms with Crippen LogP contribution in [-0.2, 0) is 6.54 Å². The maximum Gasteiger partial charge on any atom is 0.319 e. The molecule has 4 N–H and O–H groups in total. The summed E-state index contributed by atoms with van der Waals surface area (Å²) in [6.45, 7) is 13.0. The topological polar surface area (TPSA) is 80.8 Å². The van der Waals surface area contributed by atoms with Crippen LogP contribution < -0.4 is 21.3 Å². The van der Waals surface area contributed by atoms with E-state index in [0.717, 1.165) is 49.3 Å². The second-order valence-corrected chi connectivity index (χ2v) is 8.31.